The summed E-state index contributed by atoms with van der Waals surface area (Å²) in [6.07, 6.45) is 2.15. The Morgan fingerprint density at radius 2 is 2.40 bits per heavy atom. The van der Waals surface area contributed by atoms with E-state index < -0.39 is 5.97 Å². The fraction of sp³-hybridized carbons (Fsp3) is 0.857. The molecule has 0 aliphatic carbocycles. The molecule has 1 heterocycles. The Labute approximate surface area is 60.4 Å². The average molecular weight is 143 g/mol. The van der Waals surface area contributed by atoms with Crippen LogP contribution in [0.1, 0.15) is 19.8 Å². The maximum absolute atomic E-state index is 10.4. The van der Waals surface area contributed by atoms with Gasteiger partial charge in [-0.15, -0.1) is 0 Å². The zero-order valence-electron chi connectivity index (χ0n) is 6.17. The van der Waals surface area contributed by atoms with Crippen molar-refractivity contribution in [2.24, 2.45) is 5.92 Å². The second-order valence-corrected chi connectivity index (χ2v) is 2.99. The van der Waals surface area contributed by atoms with Crippen LogP contribution in [-0.4, -0.2) is 18.6 Å². The van der Waals surface area contributed by atoms with Crippen molar-refractivity contribution in [3.63, 3.8) is 0 Å². The van der Waals surface area contributed by atoms with Crippen molar-refractivity contribution < 1.29 is 15.2 Å². The van der Waals surface area contributed by atoms with Gasteiger partial charge in [0.25, 0.3) is 0 Å². The summed E-state index contributed by atoms with van der Waals surface area (Å²) >= 11 is 0. The second kappa shape index (κ2) is 3.01. The summed E-state index contributed by atoms with van der Waals surface area (Å²) in [5, 5.41) is 12.3. The summed E-state index contributed by atoms with van der Waals surface area (Å²) in [7, 11) is 0. The van der Waals surface area contributed by atoms with Crippen LogP contribution in [0.5, 0.6) is 0 Å². The van der Waals surface area contributed by atoms with Gasteiger partial charge >= 0.3 is 0 Å². The molecule has 0 radical (unpaired) electrons. The molecule has 0 amide bonds. The summed E-state index contributed by atoms with van der Waals surface area (Å²) in [5.41, 5.74) is 0. The highest BCUT2D eigenvalue weighted by Crippen LogP contribution is 2.09. The number of quaternary nitrogens is 1. The molecule has 3 heteroatoms. The van der Waals surface area contributed by atoms with E-state index in [1.54, 1.807) is 0 Å². The second-order valence-electron chi connectivity index (χ2n) is 2.99. The zero-order chi connectivity index (χ0) is 7.56. The fourth-order valence-corrected chi connectivity index (χ4v) is 1.48. The Kier molecular flexibility index (Phi) is 2.27. The number of nitrogens with two attached hydrogens (primary N) is 1. The lowest BCUT2D eigenvalue weighted by Gasteiger charge is -2.26. The summed E-state index contributed by atoms with van der Waals surface area (Å²) in [6, 6.07) is -0.297. The average Bonchev–Trinajstić information content (AvgIpc) is 1.88. The van der Waals surface area contributed by atoms with Crippen molar-refractivity contribution in [3.8, 4) is 0 Å². The number of carboxylic acid groups (broad SMARTS) is 1. The number of carbonyl (C=O) groups excluding carboxylic acids is 1. The Balaban J connectivity index is 2.47. The molecule has 0 unspecified atom stereocenters. The maximum Gasteiger partial charge on any atom is 0.129 e. The number of piperidine rings is 1. The first kappa shape index (κ1) is 7.54. The van der Waals surface area contributed by atoms with E-state index in [2.05, 4.69) is 0 Å². The lowest BCUT2D eigenvalue weighted by molar-refractivity contribution is -0.697. The van der Waals surface area contributed by atoms with Gasteiger partial charge in [-0.25, -0.2) is 0 Å². The maximum atomic E-state index is 10.4. The number of aliphatic carboxylic acids is 1. The Hall–Kier alpha value is -0.570. The van der Waals surface area contributed by atoms with Crippen molar-refractivity contribution >= 4 is 5.97 Å². The van der Waals surface area contributed by atoms with Crippen LogP contribution in [0, 0.1) is 5.92 Å². The molecular formula is C7H13NO2. The molecule has 3 nitrogen and oxygen atoms in total. The molecule has 1 aliphatic heterocycles. The minimum Gasteiger partial charge on any atom is -0.544 e. The van der Waals surface area contributed by atoms with Crippen LogP contribution in [0.3, 0.4) is 0 Å². The van der Waals surface area contributed by atoms with Gasteiger partial charge in [-0.2, -0.15) is 0 Å². The molecule has 0 bridgehead atoms. The van der Waals surface area contributed by atoms with Gasteiger partial charge in [0, 0.05) is 5.92 Å². The summed E-state index contributed by atoms with van der Waals surface area (Å²) in [4.78, 5) is 10.4. The van der Waals surface area contributed by atoms with Gasteiger partial charge in [-0.1, -0.05) is 6.92 Å². The van der Waals surface area contributed by atoms with E-state index in [4.69, 9.17) is 0 Å². The van der Waals surface area contributed by atoms with Crippen LogP contribution in [0.15, 0.2) is 0 Å². The quantitative estimate of drug-likeness (QED) is 0.466. The molecule has 1 fully saturated rings. The van der Waals surface area contributed by atoms with Gasteiger partial charge in [0.05, 0.1) is 12.5 Å². The smallest absolute Gasteiger partial charge is 0.129 e. The molecule has 0 spiro atoms. The first-order chi connectivity index (χ1) is 4.72. The topological polar surface area (TPSA) is 56.7 Å². The molecular weight excluding hydrogens is 130 g/mol. The van der Waals surface area contributed by atoms with E-state index in [0.29, 0.717) is 0 Å². The summed E-state index contributed by atoms with van der Waals surface area (Å²) < 4.78 is 0. The monoisotopic (exact) mass is 143 g/mol. The van der Waals surface area contributed by atoms with Crippen molar-refractivity contribution in [3.05, 3.63) is 0 Å². The first-order valence-corrected chi connectivity index (χ1v) is 3.76. The normalized spacial score (nSPS) is 33.7. The van der Waals surface area contributed by atoms with Crippen LogP contribution >= 0.6 is 0 Å². The highest BCUT2D eigenvalue weighted by Gasteiger charge is 2.24. The highest BCUT2D eigenvalue weighted by molar-refractivity contribution is 5.69. The van der Waals surface area contributed by atoms with Crippen LogP contribution in [0.25, 0.3) is 0 Å². The van der Waals surface area contributed by atoms with Crippen molar-refractivity contribution in [1.82, 2.24) is 0 Å². The molecule has 0 aromatic heterocycles. The van der Waals surface area contributed by atoms with Crippen LogP contribution in [-0.2, 0) is 4.79 Å². The van der Waals surface area contributed by atoms with Crippen LogP contribution in [0.4, 0.5) is 0 Å². The molecule has 58 valence electrons. The summed E-state index contributed by atoms with van der Waals surface area (Å²) in [5.74, 6) is -0.633. The first-order valence-electron chi connectivity index (χ1n) is 3.76. The van der Waals surface area contributed by atoms with E-state index in [1.807, 2.05) is 12.2 Å². The minimum absolute atomic E-state index is 0.277. The van der Waals surface area contributed by atoms with E-state index >= 15 is 0 Å². The molecule has 0 aromatic carbocycles. The SMILES string of the molecule is C[C@H]1CCC[NH2+][C@H]1C(=O)[O-]. The van der Waals surface area contributed by atoms with Crippen molar-refractivity contribution in [1.29, 1.82) is 0 Å². The Morgan fingerprint density at radius 1 is 1.70 bits per heavy atom. The predicted molar refractivity (Wildman–Crippen MR) is 34.0 cm³/mol. The lowest BCUT2D eigenvalue weighted by atomic mass is 9.93. The van der Waals surface area contributed by atoms with Gasteiger partial charge in [0.2, 0.25) is 0 Å². The third-order valence-electron chi connectivity index (χ3n) is 2.17. The fourth-order valence-electron chi connectivity index (χ4n) is 1.48. The van der Waals surface area contributed by atoms with Crippen LogP contribution < -0.4 is 10.4 Å². The van der Waals surface area contributed by atoms with Gasteiger partial charge in [0.1, 0.15) is 6.04 Å². The summed E-state index contributed by atoms with van der Waals surface area (Å²) in [6.45, 7) is 2.90. The number of carbonyl (C=O) groups is 1. The molecule has 2 atom stereocenters. The molecule has 1 aliphatic rings. The molecule has 2 N–H and O–H groups in total. The van der Waals surface area contributed by atoms with Gasteiger partial charge in [0.15, 0.2) is 0 Å². The molecule has 0 saturated carbocycles. The molecule has 0 aromatic rings. The van der Waals surface area contributed by atoms with E-state index in [9.17, 15) is 9.90 Å². The van der Waals surface area contributed by atoms with E-state index in [0.717, 1.165) is 19.4 Å². The van der Waals surface area contributed by atoms with Crippen LogP contribution in [0.2, 0.25) is 0 Å². The number of carboxylic acids is 1. The standard InChI is InChI=1S/C7H13NO2/c1-5-3-2-4-8-6(5)7(9)10/h5-6,8H,2-4H2,1H3,(H,9,10)/t5-,6+/m0/s1. The van der Waals surface area contributed by atoms with Crippen molar-refractivity contribution in [2.75, 3.05) is 6.54 Å². The third kappa shape index (κ3) is 1.48. The molecule has 1 rings (SSSR count). The lowest BCUT2D eigenvalue weighted by Crippen LogP contribution is -2.95. The van der Waals surface area contributed by atoms with Gasteiger partial charge < -0.3 is 15.2 Å². The molecule has 10 heavy (non-hydrogen) atoms. The highest BCUT2D eigenvalue weighted by atomic mass is 16.4. The van der Waals surface area contributed by atoms with Gasteiger partial charge in [-0.3, -0.25) is 0 Å². The van der Waals surface area contributed by atoms with Crippen molar-refractivity contribution in [2.45, 2.75) is 25.8 Å². The predicted octanol–water partition coefficient (Wildman–Crippen LogP) is -1.90. The number of hydrogen-bond acceptors (Lipinski definition) is 2. The zero-order valence-corrected chi connectivity index (χ0v) is 6.17. The third-order valence-corrected chi connectivity index (χ3v) is 2.17. The van der Waals surface area contributed by atoms with E-state index in [-0.39, 0.29) is 12.0 Å². The van der Waals surface area contributed by atoms with E-state index in [1.165, 1.54) is 0 Å². The van der Waals surface area contributed by atoms with Gasteiger partial charge in [-0.05, 0) is 12.8 Å². The number of hydrogen-bond donors (Lipinski definition) is 1. The molecule has 1 saturated heterocycles. The Morgan fingerprint density at radius 3 is 2.80 bits per heavy atom. The largest absolute Gasteiger partial charge is 0.544 e. The Bertz CT molecular complexity index is 136. The minimum atomic E-state index is -0.910. The number of rotatable bonds is 1.